The number of amides is 1. The molecule has 5 heteroatoms. The van der Waals surface area contributed by atoms with E-state index in [0.717, 1.165) is 15.6 Å². The fourth-order valence-electron chi connectivity index (χ4n) is 1.93. The second-order valence-corrected chi connectivity index (χ2v) is 5.36. The molecule has 1 amide bonds. The largest absolute Gasteiger partial charge is 0.496 e. The minimum Gasteiger partial charge on any atom is -0.496 e. The van der Waals surface area contributed by atoms with Crippen molar-refractivity contribution in [3.63, 3.8) is 0 Å². The molecular weight excluding hydrogens is 334 g/mol. The van der Waals surface area contributed by atoms with Gasteiger partial charge in [0, 0.05) is 12.1 Å². The molecule has 0 bridgehead atoms. The Hall–Kier alpha value is -1.85. The fraction of sp³-hybridized carbons (Fsp3) is 0.188. The molecule has 0 fully saturated rings. The summed E-state index contributed by atoms with van der Waals surface area (Å²) >= 11 is 3.36. The Balaban J connectivity index is 2.02. The first-order chi connectivity index (χ1) is 10.1. The zero-order chi connectivity index (χ0) is 15.2. The third-order valence-corrected chi connectivity index (χ3v) is 3.66. The minimum atomic E-state index is -0.159. The molecule has 2 aromatic rings. The lowest BCUT2D eigenvalue weighted by Gasteiger charge is -2.08. The lowest BCUT2D eigenvalue weighted by atomic mass is 10.1. The van der Waals surface area contributed by atoms with Crippen LogP contribution in [0.2, 0.25) is 0 Å². The number of methoxy groups -OCH3 is 1. The summed E-state index contributed by atoms with van der Waals surface area (Å²) < 4.78 is 5.87. The zero-order valence-corrected chi connectivity index (χ0v) is 13.2. The normalized spacial score (nSPS) is 10.2. The minimum absolute atomic E-state index is 0.00673. The smallest absolute Gasteiger partial charge is 0.251 e. The van der Waals surface area contributed by atoms with Gasteiger partial charge in [0.15, 0.2) is 0 Å². The van der Waals surface area contributed by atoms with Crippen molar-refractivity contribution in [1.82, 2.24) is 5.32 Å². The Kier molecular flexibility index (Phi) is 5.36. The summed E-state index contributed by atoms with van der Waals surface area (Å²) in [4.78, 5) is 12.1. The summed E-state index contributed by atoms with van der Waals surface area (Å²) in [6.07, 6.45) is 0. The van der Waals surface area contributed by atoms with E-state index in [2.05, 4.69) is 21.2 Å². The molecule has 2 rings (SSSR count). The Morgan fingerprint density at radius 1 is 1.24 bits per heavy atom. The molecule has 21 heavy (non-hydrogen) atoms. The van der Waals surface area contributed by atoms with E-state index in [1.165, 1.54) is 0 Å². The highest BCUT2D eigenvalue weighted by Gasteiger charge is 2.08. The van der Waals surface area contributed by atoms with Gasteiger partial charge in [-0.2, -0.15) is 0 Å². The van der Waals surface area contributed by atoms with Crippen LogP contribution in [0.25, 0.3) is 0 Å². The van der Waals surface area contributed by atoms with Crippen LogP contribution in [0, 0.1) is 0 Å². The third-order valence-electron chi connectivity index (χ3n) is 3.04. The first kappa shape index (κ1) is 15.5. The number of rotatable bonds is 5. The molecule has 0 atom stereocenters. The number of hydrogen-bond acceptors (Lipinski definition) is 3. The van der Waals surface area contributed by atoms with Gasteiger partial charge in [0.1, 0.15) is 5.75 Å². The monoisotopic (exact) mass is 349 g/mol. The molecule has 0 aliphatic heterocycles. The van der Waals surface area contributed by atoms with E-state index in [1.807, 2.05) is 24.3 Å². The topological polar surface area (TPSA) is 58.6 Å². The quantitative estimate of drug-likeness (QED) is 0.872. The van der Waals surface area contributed by atoms with Gasteiger partial charge in [-0.25, -0.2) is 0 Å². The van der Waals surface area contributed by atoms with Crippen LogP contribution in [0.5, 0.6) is 5.75 Å². The van der Waals surface area contributed by atoms with Crippen LogP contribution in [0.15, 0.2) is 46.9 Å². The summed E-state index contributed by atoms with van der Waals surface area (Å²) in [5, 5.41) is 11.9. The summed E-state index contributed by atoms with van der Waals surface area (Å²) in [7, 11) is 1.58. The number of halogens is 1. The highest BCUT2D eigenvalue weighted by Crippen LogP contribution is 2.25. The van der Waals surface area contributed by atoms with Crippen LogP contribution in [0.3, 0.4) is 0 Å². The van der Waals surface area contributed by atoms with Gasteiger partial charge >= 0.3 is 0 Å². The van der Waals surface area contributed by atoms with E-state index < -0.39 is 0 Å². The molecule has 0 radical (unpaired) electrons. The molecule has 0 aliphatic carbocycles. The van der Waals surface area contributed by atoms with Crippen LogP contribution in [0.1, 0.15) is 21.5 Å². The van der Waals surface area contributed by atoms with E-state index in [0.29, 0.717) is 17.9 Å². The van der Waals surface area contributed by atoms with Crippen LogP contribution < -0.4 is 10.1 Å². The van der Waals surface area contributed by atoms with Gasteiger partial charge in [0.2, 0.25) is 0 Å². The highest BCUT2D eigenvalue weighted by molar-refractivity contribution is 9.10. The summed E-state index contributed by atoms with van der Waals surface area (Å²) in [5.41, 5.74) is 2.33. The van der Waals surface area contributed by atoms with Gasteiger partial charge in [-0.05, 0) is 45.3 Å². The molecule has 0 saturated heterocycles. The molecule has 0 heterocycles. The SMILES string of the molecule is COc1ccc(C(=O)NCc2cccc(CO)c2)cc1Br. The van der Waals surface area contributed by atoms with Gasteiger partial charge in [0.25, 0.3) is 5.91 Å². The van der Waals surface area contributed by atoms with E-state index in [9.17, 15) is 4.79 Å². The maximum Gasteiger partial charge on any atom is 0.251 e. The number of aliphatic hydroxyl groups excluding tert-OH is 1. The number of hydrogen-bond donors (Lipinski definition) is 2. The predicted molar refractivity (Wildman–Crippen MR) is 84.2 cm³/mol. The van der Waals surface area contributed by atoms with Crippen molar-refractivity contribution in [1.29, 1.82) is 0 Å². The van der Waals surface area contributed by atoms with E-state index >= 15 is 0 Å². The van der Waals surface area contributed by atoms with Crippen LogP contribution >= 0.6 is 15.9 Å². The summed E-state index contributed by atoms with van der Waals surface area (Å²) in [5.74, 6) is 0.523. The molecule has 0 spiro atoms. The number of carbonyl (C=O) groups is 1. The van der Waals surface area contributed by atoms with E-state index in [-0.39, 0.29) is 12.5 Å². The van der Waals surface area contributed by atoms with Crippen molar-refractivity contribution < 1.29 is 14.6 Å². The molecule has 0 aliphatic rings. The van der Waals surface area contributed by atoms with Gasteiger partial charge in [-0.15, -0.1) is 0 Å². The first-order valence-corrected chi connectivity index (χ1v) is 7.23. The number of nitrogens with one attached hydrogen (secondary N) is 1. The second kappa shape index (κ2) is 7.24. The molecule has 2 N–H and O–H groups in total. The van der Waals surface area contributed by atoms with Gasteiger partial charge in [-0.1, -0.05) is 24.3 Å². The number of carbonyl (C=O) groups excluding carboxylic acids is 1. The third kappa shape index (κ3) is 4.06. The van der Waals surface area contributed by atoms with E-state index in [1.54, 1.807) is 25.3 Å². The summed E-state index contributed by atoms with van der Waals surface area (Å²) in [6.45, 7) is 0.406. The predicted octanol–water partition coefficient (Wildman–Crippen LogP) is 2.88. The maximum atomic E-state index is 12.1. The Bertz CT molecular complexity index is 643. The lowest BCUT2D eigenvalue weighted by molar-refractivity contribution is 0.0951. The van der Waals surface area contributed by atoms with Crippen molar-refractivity contribution >= 4 is 21.8 Å². The van der Waals surface area contributed by atoms with Crippen molar-refractivity contribution in [3.05, 3.63) is 63.6 Å². The number of benzene rings is 2. The molecule has 4 nitrogen and oxygen atoms in total. The Morgan fingerprint density at radius 3 is 2.67 bits per heavy atom. The number of aliphatic hydroxyl groups is 1. The lowest BCUT2D eigenvalue weighted by Crippen LogP contribution is -2.22. The van der Waals surface area contributed by atoms with Crippen molar-refractivity contribution in [2.24, 2.45) is 0 Å². The van der Waals surface area contributed by atoms with Crippen molar-refractivity contribution in [2.45, 2.75) is 13.2 Å². The molecule has 0 unspecified atom stereocenters. The number of ether oxygens (including phenoxy) is 1. The average Bonchev–Trinajstić information content (AvgIpc) is 2.52. The first-order valence-electron chi connectivity index (χ1n) is 6.44. The Morgan fingerprint density at radius 2 is 2.00 bits per heavy atom. The molecule has 0 aromatic heterocycles. The van der Waals surface area contributed by atoms with Crippen LogP contribution in [-0.4, -0.2) is 18.1 Å². The second-order valence-electron chi connectivity index (χ2n) is 4.51. The van der Waals surface area contributed by atoms with Crippen LogP contribution in [-0.2, 0) is 13.2 Å². The molecule has 0 saturated carbocycles. The highest BCUT2D eigenvalue weighted by atomic mass is 79.9. The molecule has 110 valence electrons. The fourth-order valence-corrected chi connectivity index (χ4v) is 2.47. The standard InChI is InChI=1S/C16H16BrNO3/c1-21-15-6-5-13(8-14(15)17)16(20)18-9-11-3-2-4-12(7-11)10-19/h2-8,19H,9-10H2,1H3,(H,18,20). The van der Waals surface area contributed by atoms with Gasteiger partial charge in [0.05, 0.1) is 18.2 Å². The van der Waals surface area contributed by atoms with Gasteiger partial charge < -0.3 is 15.2 Å². The molecule has 2 aromatic carbocycles. The van der Waals surface area contributed by atoms with Crippen LogP contribution in [0.4, 0.5) is 0 Å². The van der Waals surface area contributed by atoms with Crippen molar-refractivity contribution in [3.8, 4) is 5.75 Å². The zero-order valence-electron chi connectivity index (χ0n) is 11.6. The molecular formula is C16H16BrNO3. The average molecular weight is 350 g/mol. The summed E-state index contributed by atoms with van der Waals surface area (Å²) in [6, 6.07) is 12.6. The Labute approximate surface area is 131 Å². The van der Waals surface area contributed by atoms with E-state index in [4.69, 9.17) is 9.84 Å². The van der Waals surface area contributed by atoms with Gasteiger partial charge in [-0.3, -0.25) is 4.79 Å². The maximum absolute atomic E-state index is 12.1. The van der Waals surface area contributed by atoms with Crippen molar-refractivity contribution in [2.75, 3.05) is 7.11 Å².